The fourth-order valence-electron chi connectivity index (χ4n) is 4.99. The molecule has 4 aliphatic carbocycles. The average molecular weight is 263 g/mol. The zero-order chi connectivity index (χ0) is 12.3. The van der Waals surface area contributed by atoms with Crippen LogP contribution in [0.25, 0.3) is 0 Å². The summed E-state index contributed by atoms with van der Waals surface area (Å²) in [5, 5.41) is 10.2. The summed E-state index contributed by atoms with van der Waals surface area (Å²) in [6.45, 7) is 0. The van der Waals surface area contributed by atoms with Crippen molar-refractivity contribution in [3.63, 3.8) is 0 Å². The van der Waals surface area contributed by atoms with Crippen LogP contribution >= 0.6 is 11.3 Å². The molecule has 0 radical (unpaired) electrons. The molecular formula is C14H17NO2S. The van der Waals surface area contributed by atoms with Crippen molar-refractivity contribution in [2.45, 2.75) is 43.9 Å². The van der Waals surface area contributed by atoms with E-state index in [1.165, 1.54) is 49.9 Å². The summed E-state index contributed by atoms with van der Waals surface area (Å²) >= 11 is 1.42. The molecule has 1 aromatic rings. The predicted molar refractivity (Wildman–Crippen MR) is 68.9 cm³/mol. The second-order valence-corrected chi connectivity index (χ2v) is 7.56. The number of carbonyl (C=O) groups is 1. The Labute approximate surface area is 110 Å². The van der Waals surface area contributed by atoms with E-state index in [0.717, 1.165) is 22.8 Å². The molecule has 0 spiro atoms. The van der Waals surface area contributed by atoms with Crippen LogP contribution in [-0.2, 0) is 5.41 Å². The molecule has 4 saturated carbocycles. The van der Waals surface area contributed by atoms with Gasteiger partial charge < -0.3 is 5.11 Å². The molecule has 1 heterocycles. The van der Waals surface area contributed by atoms with E-state index in [0.29, 0.717) is 4.88 Å². The summed E-state index contributed by atoms with van der Waals surface area (Å²) < 4.78 is 0. The number of hydrogen-bond donors (Lipinski definition) is 1. The predicted octanol–water partition coefficient (Wildman–Crippen LogP) is 3.31. The molecule has 0 aliphatic heterocycles. The minimum Gasteiger partial charge on any atom is -0.477 e. The van der Waals surface area contributed by atoms with Gasteiger partial charge in [0.15, 0.2) is 0 Å². The van der Waals surface area contributed by atoms with Crippen LogP contribution in [0.5, 0.6) is 0 Å². The van der Waals surface area contributed by atoms with E-state index in [1.54, 1.807) is 6.20 Å². The topological polar surface area (TPSA) is 50.2 Å². The molecule has 3 nitrogen and oxygen atoms in total. The van der Waals surface area contributed by atoms with Gasteiger partial charge in [0.2, 0.25) is 0 Å². The minimum absolute atomic E-state index is 0.243. The Morgan fingerprint density at radius 3 is 2.22 bits per heavy atom. The van der Waals surface area contributed by atoms with Gasteiger partial charge in [-0.25, -0.2) is 9.78 Å². The van der Waals surface area contributed by atoms with Crippen molar-refractivity contribution in [3.05, 3.63) is 16.1 Å². The molecule has 4 heteroatoms. The lowest BCUT2D eigenvalue weighted by Gasteiger charge is -2.56. The first kappa shape index (κ1) is 11.0. The fraction of sp³-hybridized carbons (Fsp3) is 0.714. The van der Waals surface area contributed by atoms with Crippen molar-refractivity contribution in [1.82, 2.24) is 4.98 Å². The quantitative estimate of drug-likeness (QED) is 0.890. The van der Waals surface area contributed by atoms with Crippen LogP contribution in [-0.4, -0.2) is 16.1 Å². The van der Waals surface area contributed by atoms with Gasteiger partial charge in [-0.2, -0.15) is 0 Å². The zero-order valence-electron chi connectivity index (χ0n) is 10.3. The molecule has 1 aromatic heterocycles. The first-order chi connectivity index (χ1) is 8.64. The Kier molecular flexibility index (Phi) is 2.17. The van der Waals surface area contributed by atoms with E-state index < -0.39 is 5.97 Å². The largest absolute Gasteiger partial charge is 0.477 e. The molecule has 18 heavy (non-hydrogen) atoms. The number of thiazole rings is 1. The Balaban J connectivity index is 1.72. The van der Waals surface area contributed by atoms with E-state index >= 15 is 0 Å². The molecule has 0 amide bonds. The van der Waals surface area contributed by atoms with Gasteiger partial charge in [-0.1, -0.05) is 0 Å². The van der Waals surface area contributed by atoms with Crippen molar-refractivity contribution in [3.8, 4) is 0 Å². The number of rotatable bonds is 2. The third-order valence-electron chi connectivity index (χ3n) is 5.21. The van der Waals surface area contributed by atoms with Crippen molar-refractivity contribution in [1.29, 1.82) is 0 Å². The highest BCUT2D eigenvalue weighted by Gasteiger charge is 2.53. The molecule has 0 aromatic carbocycles. The molecule has 5 rings (SSSR count). The van der Waals surface area contributed by atoms with Crippen LogP contribution < -0.4 is 0 Å². The normalized spacial score (nSPS) is 41.2. The van der Waals surface area contributed by atoms with Crippen LogP contribution in [0, 0.1) is 17.8 Å². The van der Waals surface area contributed by atoms with E-state index in [9.17, 15) is 4.79 Å². The van der Waals surface area contributed by atoms with E-state index in [-0.39, 0.29) is 5.41 Å². The van der Waals surface area contributed by atoms with Crippen molar-refractivity contribution in [2.75, 3.05) is 0 Å². The molecule has 0 unspecified atom stereocenters. The summed E-state index contributed by atoms with van der Waals surface area (Å²) in [6.07, 6.45) is 9.56. The Hall–Kier alpha value is -0.900. The second-order valence-electron chi connectivity index (χ2n) is 6.53. The summed E-state index contributed by atoms with van der Waals surface area (Å²) in [5.41, 5.74) is 0.243. The van der Waals surface area contributed by atoms with Gasteiger partial charge in [0, 0.05) is 5.41 Å². The minimum atomic E-state index is -0.830. The molecule has 4 bridgehead atoms. The lowest BCUT2D eigenvalue weighted by molar-refractivity contribution is -0.00527. The molecule has 0 atom stereocenters. The monoisotopic (exact) mass is 263 g/mol. The number of hydrogen-bond acceptors (Lipinski definition) is 3. The number of aromatic nitrogens is 1. The highest BCUT2D eigenvalue weighted by molar-refractivity contribution is 7.13. The highest BCUT2D eigenvalue weighted by Crippen LogP contribution is 2.61. The number of nitrogens with zero attached hydrogens (tertiary/aromatic N) is 1. The number of carboxylic acid groups (broad SMARTS) is 1. The van der Waals surface area contributed by atoms with Crippen LogP contribution in [0.4, 0.5) is 0 Å². The van der Waals surface area contributed by atoms with Gasteiger partial charge in [-0.3, -0.25) is 0 Å². The second kappa shape index (κ2) is 3.56. The molecule has 4 aliphatic rings. The third-order valence-corrected chi connectivity index (χ3v) is 6.44. The van der Waals surface area contributed by atoms with E-state index in [1.807, 2.05) is 0 Å². The van der Waals surface area contributed by atoms with Crippen molar-refractivity contribution in [2.24, 2.45) is 17.8 Å². The maximum absolute atomic E-state index is 11.0. The fourth-order valence-corrected chi connectivity index (χ4v) is 5.96. The third kappa shape index (κ3) is 1.48. The molecule has 96 valence electrons. The maximum Gasteiger partial charge on any atom is 0.347 e. The Morgan fingerprint density at radius 1 is 1.22 bits per heavy atom. The van der Waals surface area contributed by atoms with Crippen LogP contribution in [0.1, 0.15) is 53.2 Å². The van der Waals surface area contributed by atoms with Crippen LogP contribution in [0.2, 0.25) is 0 Å². The zero-order valence-corrected chi connectivity index (χ0v) is 11.1. The van der Waals surface area contributed by atoms with E-state index in [2.05, 4.69) is 4.98 Å². The maximum atomic E-state index is 11.0. The first-order valence-electron chi connectivity index (χ1n) is 6.84. The van der Waals surface area contributed by atoms with Gasteiger partial charge in [0.05, 0.1) is 11.2 Å². The standard InChI is InChI=1S/C14H17NO2S/c16-12(17)11-7-15-13(18-11)14-4-8-1-9(5-14)3-10(2-8)6-14/h7-10H,1-6H2,(H,16,17). The van der Waals surface area contributed by atoms with Gasteiger partial charge in [0.25, 0.3) is 0 Å². The lowest BCUT2D eigenvalue weighted by atomic mass is 9.50. The van der Waals surface area contributed by atoms with Crippen molar-refractivity contribution < 1.29 is 9.90 Å². The van der Waals surface area contributed by atoms with Gasteiger partial charge in [-0.15, -0.1) is 11.3 Å². The lowest BCUT2D eigenvalue weighted by Crippen LogP contribution is -2.48. The molecule has 1 N–H and O–H groups in total. The molecule has 0 saturated heterocycles. The Morgan fingerprint density at radius 2 is 1.78 bits per heavy atom. The molecule has 4 fully saturated rings. The van der Waals surface area contributed by atoms with E-state index in [4.69, 9.17) is 5.11 Å². The average Bonchev–Trinajstić information content (AvgIpc) is 2.76. The summed E-state index contributed by atoms with van der Waals surface area (Å²) in [5.74, 6) is 1.82. The Bertz CT molecular complexity index is 472. The SMILES string of the molecule is O=C(O)c1cnc(C23CC4CC(CC(C4)C2)C3)s1. The van der Waals surface area contributed by atoms with Gasteiger partial charge in [0.1, 0.15) is 4.88 Å². The molecular weight excluding hydrogens is 246 g/mol. The highest BCUT2D eigenvalue weighted by atomic mass is 32.1. The summed E-state index contributed by atoms with van der Waals surface area (Å²) in [4.78, 5) is 15.9. The van der Waals surface area contributed by atoms with Crippen LogP contribution in [0.15, 0.2) is 6.20 Å². The number of aromatic carboxylic acids is 1. The first-order valence-corrected chi connectivity index (χ1v) is 7.66. The van der Waals surface area contributed by atoms with Gasteiger partial charge >= 0.3 is 5.97 Å². The number of carboxylic acids is 1. The summed E-state index contributed by atoms with van der Waals surface area (Å²) in [7, 11) is 0. The van der Waals surface area contributed by atoms with Crippen molar-refractivity contribution >= 4 is 17.3 Å². The van der Waals surface area contributed by atoms with Crippen LogP contribution in [0.3, 0.4) is 0 Å². The smallest absolute Gasteiger partial charge is 0.347 e. The summed E-state index contributed by atoms with van der Waals surface area (Å²) in [6, 6.07) is 0. The van der Waals surface area contributed by atoms with Gasteiger partial charge in [-0.05, 0) is 56.3 Å².